The normalized spacial score (nSPS) is 14.4. The molecule has 3 aromatic carbocycles. The van der Waals surface area contributed by atoms with Crippen molar-refractivity contribution in [3.8, 4) is 22.9 Å². The molecule has 11 heteroatoms. The van der Waals surface area contributed by atoms with Crippen LogP contribution in [0.5, 0.6) is 17.2 Å². The van der Waals surface area contributed by atoms with Gasteiger partial charge in [0.15, 0.2) is 5.75 Å². The van der Waals surface area contributed by atoms with Crippen LogP contribution in [0.3, 0.4) is 0 Å². The number of benzene rings is 3. The number of hydrogen-bond acceptors (Lipinski definition) is 6. The Kier molecular flexibility index (Phi) is 8.19. The number of nitrogens with zero attached hydrogens (tertiary/aromatic N) is 3. The summed E-state index contributed by atoms with van der Waals surface area (Å²) in [6, 6.07) is 17.3. The molecule has 0 aliphatic heterocycles. The van der Waals surface area contributed by atoms with Gasteiger partial charge in [0, 0.05) is 12.6 Å². The number of carbonyl (C=O) groups is 1. The topological polar surface area (TPSA) is 118 Å². The number of aromatic nitrogens is 3. The maximum atomic E-state index is 13.8. The first-order valence-corrected chi connectivity index (χ1v) is 13.9. The molecule has 0 radical (unpaired) electrons. The molecular weight excluding hydrogens is 567 g/mol. The molecule has 0 bridgehead atoms. The van der Waals surface area contributed by atoms with Gasteiger partial charge in [-0.1, -0.05) is 72.8 Å². The summed E-state index contributed by atoms with van der Waals surface area (Å²) in [7, 11) is 1.79. The van der Waals surface area contributed by atoms with Crippen LogP contribution in [-0.4, -0.2) is 43.3 Å². The van der Waals surface area contributed by atoms with Gasteiger partial charge in [0.2, 0.25) is 0 Å². The van der Waals surface area contributed by atoms with E-state index >= 15 is 0 Å². The Bertz CT molecular complexity index is 1670. The minimum Gasteiger partial charge on any atom is -0.507 e. The number of amides is 1. The Morgan fingerprint density at radius 1 is 1.05 bits per heavy atom. The lowest BCUT2D eigenvalue weighted by molar-refractivity contribution is 0.0438. The number of rotatable bonds is 7. The van der Waals surface area contributed by atoms with E-state index in [1.54, 1.807) is 11.9 Å². The molecule has 1 aromatic heterocycles. The summed E-state index contributed by atoms with van der Waals surface area (Å²) in [5, 5.41) is 14.6. The van der Waals surface area contributed by atoms with Gasteiger partial charge in [0.05, 0.1) is 21.3 Å². The largest absolute Gasteiger partial charge is 0.507 e. The van der Waals surface area contributed by atoms with Crippen molar-refractivity contribution in [1.82, 2.24) is 19.7 Å². The zero-order chi connectivity index (χ0) is 29.1. The molecule has 41 heavy (non-hydrogen) atoms. The number of nitrogens with one attached hydrogen (secondary N) is 1. The van der Waals surface area contributed by atoms with Crippen molar-refractivity contribution >= 4 is 29.1 Å². The Morgan fingerprint density at radius 2 is 1.73 bits per heavy atom. The van der Waals surface area contributed by atoms with Crippen LogP contribution in [0.15, 0.2) is 76.4 Å². The Hall–Kier alpha value is -4.08. The average molecular weight is 595 g/mol. The fourth-order valence-corrected chi connectivity index (χ4v) is 5.94. The highest BCUT2D eigenvalue weighted by Gasteiger charge is 2.39. The molecule has 1 amide bonds. The molecule has 1 aliphatic carbocycles. The second-order valence-electron chi connectivity index (χ2n) is 10.2. The van der Waals surface area contributed by atoms with Crippen LogP contribution in [0, 0.1) is 0 Å². The van der Waals surface area contributed by atoms with Crippen molar-refractivity contribution in [1.29, 1.82) is 0 Å². The van der Waals surface area contributed by atoms with Crippen molar-refractivity contribution < 1.29 is 14.6 Å². The molecule has 1 fully saturated rings. The molecule has 2 N–H and O–H groups in total. The van der Waals surface area contributed by atoms with Gasteiger partial charge >= 0.3 is 5.69 Å². The molecule has 0 saturated heterocycles. The number of phenols is 1. The number of carbonyl (C=O) groups excluding carboxylic acids is 1. The first-order chi connectivity index (χ1) is 19.7. The van der Waals surface area contributed by atoms with Crippen LogP contribution in [0.2, 0.25) is 10.0 Å². The number of likely N-dealkylation sites (N-methyl/N-ethyl adjacent to an activating group) is 1. The lowest BCUT2D eigenvalue weighted by atomic mass is 9.76. The summed E-state index contributed by atoms with van der Waals surface area (Å²) < 4.78 is 6.90. The number of H-pyrrole nitrogens is 1. The van der Waals surface area contributed by atoms with Crippen LogP contribution in [0.1, 0.15) is 48.0 Å². The molecule has 5 rings (SSSR count). The first-order valence-electron chi connectivity index (χ1n) is 13.2. The second kappa shape index (κ2) is 11.8. The van der Waals surface area contributed by atoms with Gasteiger partial charge in [-0.25, -0.2) is 4.79 Å². The van der Waals surface area contributed by atoms with Gasteiger partial charge < -0.3 is 14.7 Å². The zero-order valence-corrected chi connectivity index (χ0v) is 23.8. The van der Waals surface area contributed by atoms with E-state index < -0.39 is 11.2 Å². The van der Waals surface area contributed by atoms with Crippen molar-refractivity contribution in [2.45, 2.75) is 44.1 Å². The van der Waals surface area contributed by atoms with Crippen molar-refractivity contribution in [2.75, 3.05) is 7.05 Å². The Balaban J connectivity index is 1.43. The van der Waals surface area contributed by atoms with Gasteiger partial charge in [-0.2, -0.15) is 9.78 Å². The van der Waals surface area contributed by atoms with Gasteiger partial charge in [0.1, 0.15) is 17.7 Å². The molecule has 0 unspecified atom stereocenters. The standard InChI is InChI=1S/C30H28Cl2N4O5/c1-35(30(12-6-3-7-13-30)17-19-8-4-2-5-9-19)28(39)22-16-21(10-11-25(22)37)41-27-23(31)14-20(15-24(27)32)36-29(40)34-26(38)18-33-36/h2,4-5,8-11,14-16,18,37H,3,6-7,12-13,17H2,1H3,(H,34,38,40). The van der Waals surface area contributed by atoms with Gasteiger partial charge in [-0.3, -0.25) is 14.6 Å². The van der Waals surface area contributed by atoms with Gasteiger partial charge in [-0.15, -0.1) is 0 Å². The molecule has 212 valence electrons. The number of hydrogen-bond donors (Lipinski definition) is 2. The first kappa shape index (κ1) is 28.4. The quantitative estimate of drug-likeness (QED) is 0.281. The molecule has 4 aromatic rings. The van der Waals surface area contributed by atoms with Crippen LogP contribution < -0.4 is 16.0 Å². The number of ether oxygens (including phenoxy) is 1. The second-order valence-corrected chi connectivity index (χ2v) is 11.0. The van der Waals surface area contributed by atoms with Crippen LogP contribution >= 0.6 is 23.2 Å². The fourth-order valence-electron chi connectivity index (χ4n) is 5.38. The highest BCUT2D eigenvalue weighted by Crippen LogP contribution is 2.40. The highest BCUT2D eigenvalue weighted by molar-refractivity contribution is 6.37. The van der Waals surface area contributed by atoms with E-state index in [1.807, 2.05) is 18.2 Å². The number of phenolic OH excluding ortho intramolecular Hbond substituents is 1. The van der Waals surface area contributed by atoms with E-state index in [1.165, 1.54) is 30.3 Å². The van der Waals surface area contributed by atoms with Gasteiger partial charge in [0.25, 0.3) is 11.5 Å². The summed E-state index contributed by atoms with van der Waals surface area (Å²) in [5.74, 6) is -0.172. The summed E-state index contributed by atoms with van der Waals surface area (Å²) in [6.45, 7) is 0. The number of halogens is 2. The summed E-state index contributed by atoms with van der Waals surface area (Å²) in [5.41, 5.74) is -0.310. The minimum atomic E-state index is -0.757. The average Bonchev–Trinajstić information content (AvgIpc) is 2.96. The predicted octanol–water partition coefficient (Wildman–Crippen LogP) is 5.74. The summed E-state index contributed by atoms with van der Waals surface area (Å²) in [4.78, 5) is 41.2. The molecule has 1 heterocycles. The molecule has 1 aliphatic rings. The third-order valence-corrected chi connectivity index (χ3v) is 8.10. The smallest absolute Gasteiger partial charge is 0.349 e. The van der Waals surface area contributed by atoms with Gasteiger partial charge in [-0.05, 0) is 55.2 Å². The number of aromatic amines is 1. The lowest BCUT2D eigenvalue weighted by Gasteiger charge is -2.45. The zero-order valence-electron chi connectivity index (χ0n) is 22.3. The SMILES string of the molecule is CN(C(=O)c1cc(Oc2c(Cl)cc(-n3ncc(=O)[nH]c3=O)cc2Cl)ccc1O)C1(Cc2ccccc2)CCCCC1. The van der Waals surface area contributed by atoms with E-state index in [0.29, 0.717) is 0 Å². The van der Waals surface area contributed by atoms with Crippen LogP contribution in [0.25, 0.3) is 5.69 Å². The van der Waals surface area contributed by atoms with Crippen molar-refractivity contribution in [3.63, 3.8) is 0 Å². The van der Waals surface area contributed by atoms with E-state index in [9.17, 15) is 19.5 Å². The van der Waals surface area contributed by atoms with Crippen LogP contribution in [0.4, 0.5) is 0 Å². The minimum absolute atomic E-state index is 0.0643. The third-order valence-electron chi connectivity index (χ3n) is 7.54. The lowest BCUT2D eigenvalue weighted by Crippen LogP contribution is -2.52. The van der Waals surface area contributed by atoms with Crippen molar-refractivity contribution in [3.05, 3.63) is 109 Å². The monoisotopic (exact) mass is 594 g/mol. The molecular formula is C30H28Cl2N4O5. The third kappa shape index (κ3) is 6.01. The van der Waals surface area contributed by atoms with E-state index in [0.717, 1.165) is 55.0 Å². The predicted molar refractivity (Wildman–Crippen MR) is 157 cm³/mol. The van der Waals surface area contributed by atoms with Crippen LogP contribution in [-0.2, 0) is 6.42 Å². The fraction of sp³-hybridized carbons (Fsp3) is 0.267. The molecule has 0 spiro atoms. The number of aromatic hydroxyl groups is 1. The molecule has 1 saturated carbocycles. The Morgan fingerprint density at radius 3 is 2.39 bits per heavy atom. The van der Waals surface area contributed by atoms with E-state index in [-0.39, 0.29) is 50.0 Å². The highest BCUT2D eigenvalue weighted by atomic mass is 35.5. The maximum Gasteiger partial charge on any atom is 0.349 e. The molecule has 0 atom stereocenters. The van der Waals surface area contributed by atoms with E-state index in [2.05, 4.69) is 22.2 Å². The summed E-state index contributed by atoms with van der Waals surface area (Å²) in [6.07, 6.45) is 6.58. The Labute approximate surface area is 245 Å². The molecule has 9 nitrogen and oxygen atoms in total. The van der Waals surface area contributed by atoms with Crippen molar-refractivity contribution in [2.24, 2.45) is 0 Å². The van der Waals surface area contributed by atoms with E-state index in [4.69, 9.17) is 27.9 Å². The summed E-state index contributed by atoms with van der Waals surface area (Å²) >= 11 is 12.9. The maximum absolute atomic E-state index is 13.8.